The summed E-state index contributed by atoms with van der Waals surface area (Å²) >= 11 is 3.50. The second kappa shape index (κ2) is 16.6. The molecule has 0 bridgehead atoms. The van der Waals surface area contributed by atoms with Crippen molar-refractivity contribution in [1.82, 2.24) is 4.90 Å². The molecule has 0 spiro atoms. The Kier molecular flexibility index (Phi) is 23.1. The first-order chi connectivity index (χ1) is 8.52. The molecule has 1 aliphatic rings. The second-order valence-corrected chi connectivity index (χ2v) is 6.37. The zero-order chi connectivity index (χ0) is 13.5. The van der Waals surface area contributed by atoms with Crippen LogP contribution in [-0.4, -0.2) is 24.0 Å². The fourth-order valence-electron chi connectivity index (χ4n) is 2.20. The van der Waals surface area contributed by atoms with Gasteiger partial charge in [0.2, 0.25) is 0 Å². The van der Waals surface area contributed by atoms with Crippen molar-refractivity contribution >= 4 is 15.9 Å². The van der Waals surface area contributed by atoms with Crippen molar-refractivity contribution < 1.29 is 32.7 Å². The summed E-state index contributed by atoms with van der Waals surface area (Å²) < 4.78 is 1.21. The second-order valence-electron chi connectivity index (χ2n) is 5.51. The molecular formula is C19H38BrNY. The van der Waals surface area contributed by atoms with Gasteiger partial charge in [-0.25, -0.2) is 0 Å². The van der Waals surface area contributed by atoms with Crippen molar-refractivity contribution in [2.24, 2.45) is 0 Å². The van der Waals surface area contributed by atoms with Crippen LogP contribution < -0.4 is 0 Å². The number of rotatable bonds is 2. The van der Waals surface area contributed by atoms with Crippen molar-refractivity contribution in [3.63, 3.8) is 0 Å². The summed E-state index contributed by atoms with van der Waals surface area (Å²) in [6, 6.07) is 9.11. The molecule has 0 aromatic heterocycles. The van der Waals surface area contributed by atoms with E-state index < -0.39 is 0 Å². The molecule has 129 valence electrons. The average molecular weight is 449 g/mol. The molecule has 1 saturated heterocycles. The predicted octanol–water partition coefficient (Wildman–Crippen LogP) is 6.97. The van der Waals surface area contributed by atoms with Gasteiger partial charge in [0.15, 0.2) is 0 Å². The Labute approximate surface area is 174 Å². The van der Waals surface area contributed by atoms with Gasteiger partial charge in [0.1, 0.15) is 0 Å². The maximum atomic E-state index is 3.50. The molecule has 1 aromatic carbocycles. The first-order valence-corrected chi connectivity index (χ1v) is 7.80. The number of nitrogens with zero attached hydrogens (tertiary/aromatic N) is 1. The van der Waals surface area contributed by atoms with Crippen molar-refractivity contribution in [1.29, 1.82) is 0 Å². The van der Waals surface area contributed by atoms with Crippen LogP contribution in [0.15, 0.2) is 28.7 Å². The summed E-state index contributed by atoms with van der Waals surface area (Å²) in [4.78, 5) is 2.53. The molecule has 1 fully saturated rings. The monoisotopic (exact) mass is 448 g/mol. The molecule has 1 nitrogen and oxygen atoms in total. The topological polar surface area (TPSA) is 3.24 Å². The van der Waals surface area contributed by atoms with E-state index in [0.717, 1.165) is 6.04 Å². The molecule has 2 rings (SSSR count). The van der Waals surface area contributed by atoms with Gasteiger partial charge in [-0.15, -0.1) is 0 Å². The van der Waals surface area contributed by atoms with E-state index in [9.17, 15) is 0 Å². The number of hydrogen-bond donors (Lipinski definition) is 0. The van der Waals surface area contributed by atoms with Gasteiger partial charge in [0.25, 0.3) is 0 Å². The van der Waals surface area contributed by atoms with E-state index in [-0.39, 0.29) is 55.0 Å². The minimum absolute atomic E-state index is 0. The third-order valence-electron chi connectivity index (χ3n) is 3.40. The van der Waals surface area contributed by atoms with E-state index in [2.05, 4.69) is 66.7 Å². The van der Waals surface area contributed by atoms with Crippen LogP contribution in [0.1, 0.15) is 74.3 Å². The molecule has 0 unspecified atom stereocenters. The van der Waals surface area contributed by atoms with Crippen LogP contribution in [-0.2, 0) is 32.7 Å². The van der Waals surface area contributed by atoms with Crippen LogP contribution in [0, 0.1) is 0 Å². The minimum Gasteiger partial charge on any atom is -0.301 e. The van der Waals surface area contributed by atoms with E-state index in [4.69, 9.17) is 0 Å². The number of benzene rings is 1. The van der Waals surface area contributed by atoms with E-state index in [1.54, 1.807) is 0 Å². The Hall–Kier alpha value is 0.764. The van der Waals surface area contributed by atoms with E-state index >= 15 is 0 Å². The summed E-state index contributed by atoms with van der Waals surface area (Å²) in [6.07, 6.45) is 2.83. The molecule has 0 aliphatic carbocycles. The first-order valence-electron chi connectivity index (χ1n) is 7.01. The van der Waals surface area contributed by atoms with Gasteiger partial charge in [-0.3, -0.25) is 0 Å². The third kappa shape index (κ3) is 11.3. The third-order valence-corrected chi connectivity index (χ3v) is 4.12. The average Bonchev–Trinajstić information content (AvgIpc) is 2.83. The first kappa shape index (κ1) is 30.6. The smallest absolute Gasteiger partial charge is 0.0209 e. The zero-order valence-corrected chi connectivity index (χ0v) is 17.1. The summed E-state index contributed by atoms with van der Waals surface area (Å²) in [7, 11) is 0. The largest absolute Gasteiger partial charge is 0.301 e. The summed E-state index contributed by atoms with van der Waals surface area (Å²) in [5.41, 5.74) is 1.38. The van der Waals surface area contributed by atoms with E-state index in [0.29, 0.717) is 5.92 Å². The Morgan fingerprint density at radius 1 is 0.909 bits per heavy atom. The Morgan fingerprint density at radius 3 is 1.64 bits per heavy atom. The molecule has 22 heavy (non-hydrogen) atoms. The standard InChI is InChI=1S/C9H11Br.C7H15N.3CH4.Y/c1-7(2)8-5-3-4-6-9(8)10;1-7(2)8-5-3-4-6-8;;;;/h3-7H,1-2H3;7H,3-6H2,1-2H3;3*1H4;. The Balaban J connectivity index is -0.000000126. The van der Waals surface area contributed by atoms with Gasteiger partial charge in [-0.05, 0) is 57.3 Å². The molecule has 1 aliphatic heterocycles. The molecule has 3 heteroatoms. The van der Waals surface area contributed by atoms with Crippen LogP contribution in [0.3, 0.4) is 0 Å². The molecule has 0 saturated carbocycles. The molecule has 1 radical (unpaired) electrons. The van der Waals surface area contributed by atoms with Crippen LogP contribution >= 0.6 is 15.9 Å². The Bertz CT molecular complexity index is 347. The van der Waals surface area contributed by atoms with Crippen LogP contribution in [0.5, 0.6) is 0 Å². The molecule has 1 aromatic rings. The normalized spacial score (nSPS) is 13.0. The number of halogens is 1. The number of likely N-dealkylation sites (tertiary alicyclic amines) is 1. The molecular weight excluding hydrogens is 411 g/mol. The summed E-state index contributed by atoms with van der Waals surface area (Å²) in [5, 5.41) is 0. The molecule has 0 N–H and O–H groups in total. The van der Waals surface area contributed by atoms with Crippen molar-refractivity contribution in [3.05, 3.63) is 34.3 Å². The van der Waals surface area contributed by atoms with E-state index in [1.807, 2.05) is 6.07 Å². The van der Waals surface area contributed by atoms with Gasteiger partial charge in [0.05, 0.1) is 0 Å². The fourth-order valence-corrected chi connectivity index (χ4v) is 2.94. The van der Waals surface area contributed by atoms with E-state index in [1.165, 1.54) is 36.0 Å². The molecule has 1 heterocycles. The van der Waals surface area contributed by atoms with Crippen LogP contribution in [0.2, 0.25) is 0 Å². The zero-order valence-electron chi connectivity index (χ0n) is 12.7. The van der Waals surface area contributed by atoms with Crippen molar-refractivity contribution in [2.75, 3.05) is 13.1 Å². The van der Waals surface area contributed by atoms with Gasteiger partial charge in [-0.2, -0.15) is 0 Å². The quantitative estimate of drug-likeness (QED) is 0.472. The van der Waals surface area contributed by atoms with Gasteiger partial charge >= 0.3 is 0 Å². The summed E-state index contributed by atoms with van der Waals surface area (Å²) in [5.74, 6) is 0.607. The SMILES string of the molecule is C.C.C.CC(C)N1CCCC1.CC(C)c1ccccc1Br.[Y]. The molecule has 0 atom stereocenters. The fraction of sp³-hybridized carbons (Fsp3) is 0.684. The van der Waals surface area contributed by atoms with Gasteiger partial charge < -0.3 is 4.90 Å². The summed E-state index contributed by atoms with van der Waals surface area (Å²) in [6.45, 7) is 11.6. The Morgan fingerprint density at radius 2 is 1.36 bits per heavy atom. The van der Waals surface area contributed by atoms with Gasteiger partial charge in [-0.1, -0.05) is 70.3 Å². The van der Waals surface area contributed by atoms with Crippen molar-refractivity contribution in [2.45, 2.75) is 74.8 Å². The number of hydrogen-bond acceptors (Lipinski definition) is 1. The maximum Gasteiger partial charge on any atom is 0.0209 e. The maximum absolute atomic E-state index is 3.50. The predicted molar refractivity (Wildman–Crippen MR) is 104 cm³/mol. The van der Waals surface area contributed by atoms with Crippen molar-refractivity contribution in [3.8, 4) is 0 Å². The van der Waals surface area contributed by atoms with Gasteiger partial charge in [0, 0.05) is 43.2 Å². The minimum atomic E-state index is 0. The molecule has 0 amide bonds. The van der Waals surface area contributed by atoms with Crippen LogP contribution in [0.4, 0.5) is 0 Å². The van der Waals surface area contributed by atoms with Crippen LogP contribution in [0.25, 0.3) is 0 Å².